The van der Waals surface area contributed by atoms with E-state index in [9.17, 15) is 5.11 Å². The maximum atomic E-state index is 9.26. The second-order valence-electron chi connectivity index (χ2n) is 3.05. The average Bonchev–Trinajstić information content (AvgIpc) is 2.15. The lowest BCUT2D eigenvalue weighted by Crippen LogP contribution is -1.97. The molecule has 0 radical (unpaired) electrons. The predicted molar refractivity (Wildman–Crippen MR) is 57.6 cm³/mol. The van der Waals surface area contributed by atoms with Gasteiger partial charge in [0, 0.05) is 5.03 Å². The summed E-state index contributed by atoms with van der Waals surface area (Å²) >= 11 is 5.55. The molecule has 0 heterocycles. The molecule has 2 nitrogen and oxygen atoms in total. The van der Waals surface area contributed by atoms with Gasteiger partial charge in [0.1, 0.15) is 12.4 Å². The standard InChI is InChI=1S/C11H13ClO2/c1-8(12)7-14-11-5-3-10(4-6-11)9(2)13/h3-6,9,13H,1,7H2,2H3/t9-/m1/s1. The number of aliphatic hydroxyl groups excluding tert-OH is 1. The van der Waals surface area contributed by atoms with Crippen LogP contribution < -0.4 is 4.74 Å². The molecule has 0 fully saturated rings. The summed E-state index contributed by atoms with van der Waals surface area (Å²) in [5.41, 5.74) is 0.863. The van der Waals surface area contributed by atoms with Gasteiger partial charge < -0.3 is 9.84 Å². The first-order valence-corrected chi connectivity index (χ1v) is 4.71. The molecule has 1 N–H and O–H groups in total. The van der Waals surface area contributed by atoms with Crippen LogP contribution in [0.4, 0.5) is 0 Å². The molecule has 0 aliphatic heterocycles. The van der Waals surface area contributed by atoms with Gasteiger partial charge in [-0.3, -0.25) is 0 Å². The van der Waals surface area contributed by atoms with E-state index in [1.165, 1.54) is 0 Å². The van der Waals surface area contributed by atoms with Crippen LogP contribution in [0.5, 0.6) is 5.75 Å². The van der Waals surface area contributed by atoms with E-state index in [2.05, 4.69) is 6.58 Å². The lowest BCUT2D eigenvalue weighted by molar-refractivity contribution is 0.199. The van der Waals surface area contributed by atoms with Gasteiger partial charge in [-0.05, 0) is 24.6 Å². The Hall–Kier alpha value is -0.990. The van der Waals surface area contributed by atoms with Crippen molar-refractivity contribution in [1.82, 2.24) is 0 Å². The summed E-state index contributed by atoms with van der Waals surface area (Å²) in [5, 5.41) is 9.72. The molecule has 0 amide bonds. The van der Waals surface area contributed by atoms with E-state index in [1.807, 2.05) is 12.1 Å². The number of hydrogen-bond acceptors (Lipinski definition) is 2. The maximum Gasteiger partial charge on any atom is 0.123 e. The monoisotopic (exact) mass is 212 g/mol. The molecule has 14 heavy (non-hydrogen) atoms. The van der Waals surface area contributed by atoms with E-state index in [1.54, 1.807) is 19.1 Å². The predicted octanol–water partition coefficient (Wildman–Crippen LogP) is 2.87. The molecule has 0 spiro atoms. The Bertz CT molecular complexity index is 304. The summed E-state index contributed by atoms with van der Waals surface area (Å²) in [6.07, 6.45) is -0.452. The summed E-state index contributed by atoms with van der Waals surface area (Å²) in [6, 6.07) is 7.22. The fraction of sp³-hybridized carbons (Fsp3) is 0.273. The minimum atomic E-state index is -0.452. The molecule has 0 unspecified atom stereocenters. The Balaban J connectivity index is 2.59. The molecule has 3 heteroatoms. The van der Waals surface area contributed by atoms with Crippen molar-refractivity contribution in [2.24, 2.45) is 0 Å². The third kappa shape index (κ3) is 3.40. The second-order valence-corrected chi connectivity index (χ2v) is 3.59. The van der Waals surface area contributed by atoms with E-state index in [0.29, 0.717) is 11.6 Å². The van der Waals surface area contributed by atoms with Gasteiger partial charge in [-0.2, -0.15) is 0 Å². The van der Waals surface area contributed by atoms with E-state index in [-0.39, 0.29) is 0 Å². The third-order valence-electron chi connectivity index (χ3n) is 1.76. The van der Waals surface area contributed by atoms with E-state index in [0.717, 1.165) is 11.3 Å². The zero-order chi connectivity index (χ0) is 10.6. The second kappa shape index (κ2) is 5.03. The Kier molecular flexibility index (Phi) is 3.98. The van der Waals surface area contributed by atoms with E-state index in [4.69, 9.17) is 16.3 Å². The molecule has 0 aliphatic rings. The van der Waals surface area contributed by atoms with Gasteiger partial charge >= 0.3 is 0 Å². The summed E-state index contributed by atoms with van der Waals surface area (Å²) in [7, 11) is 0. The first-order chi connectivity index (χ1) is 6.59. The molecule has 0 saturated heterocycles. The highest BCUT2D eigenvalue weighted by molar-refractivity contribution is 6.29. The molecular formula is C11H13ClO2. The van der Waals surface area contributed by atoms with E-state index >= 15 is 0 Å². The highest BCUT2D eigenvalue weighted by Gasteiger charge is 2.00. The fourth-order valence-corrected chi connectivity index (χ4v) is 1.06. The number of rotatable bonds is 4. The highest BCUT2D eigenvalue weighted by Crippen LogP contribution is 2.17. The first-order valence-electron chi connectivity index (χ1n) is 4.33. The SMILES string of the molecule is C=C(Cl)COc1ccc([C@@H](C)O)cc1. The Morgan fingerprint density at radius 2 is 2.07 bits per heavy atom. The molecule has 0 bridgehead atoms. The van der Waals surface area contributed by atoms with Crippen molar-refractivity contribution in [3.63, 3.8) is 0 Å². The van der Waals surface area contributed by atoms with Crippen molar-refractivity contribution in [2.45, 2.75) is 13.0 Å². The normalized spacial score (nSPS) is 12.2. The average molecular weight is 213 g/mol. The quantitative estimate of drug-likeness (QED) is 0.832. The Labute approximate surface area is 88.8 Å². The van der Waals surface area contributed by atoms with Crippen molar-refractivity contribution in [2.75, 3.05) is 6.61 Å². The van der Waals surface area contributed by atoms with Crippen LogP contribution in [0, 0.1) is 0 Å². The number of halogens is 1. The van der Waals surface area contributed by atoms with Crippen molar-refractivity contribution < 1.29 is 9.84 Å². The highest BCUT2D eigenvalue weighted by atomic mass is 35.5. The number of aliphatic hydroxyl groups is 1. The largest absolute Gasteiger partial charge is 0.488 e. The number of ether oxygens (including phenoxy) is 1. The van der Waals surface area contributed by atoms with Gasteiger partial charge in [0.2, 0.25) is 0 Å². The van der Waals surface area contributed by atoms with Crippen LogP contribution in [0.15, 0.2) is 35.9 Å². The molecule has 76 valence electrons. The Morgan fingerprint density at radius 1 is 1.50 bits per heavy atom. The molecule has 1 atom stereocenters. The molecule has 0 aromatic heterocycles. The van der Waals surface area contributed by atoms with Crippen LogP contribution in [0.25, 0.3) is 0 Å². The molecule has 1 aromatic carbocycles. The maximum absolute atomic E-state index is 9.26. The van der Waals surface area contributed by atoms with Crippen molar-refractivity contribution >= 4 is 11.6 Å². The molecular weight excluding hydrogens is 200 g/mol. The van der Waals surface area contributed by atoms with Gasteiger partial charge in [-0.1, -0.05) is 30.3 Å². The van der Waals surface area contributed by atoms with E-state index < -0.39 is 6.10 Å². The molecule has 1 rings (SSSR count). The lowest BCUT2D eigenvalue weighted by atomic mass is 10.1. The zero-order valence-corrected chi connectivity index (χ0v) is 8.79. The fourth-order valence-electron chi connectivity index (χ4n) is 1.00. The van der Waals surface area contributed by atoms with Gasteiger partial charge in [0.15, 0.2) is 0 Å². The minimum Gasteiger partial charge on any atom is -0.488 e. The summed E-state index contributed by atoms with van der Waals surface area (Å²) in [4.78, 5) is 0. The van der Waals surface area contributed by atoms with Gasteiger partial charge in [0.05, 0.1) is 6.10 Å². The van der Waals surface area contributed by atoms with Crippen molar-refractivity contribution in [1.29, 1.82) is 0 Å². The summed E-state index contributed by atoms with van der Waals surface area (Å²) in [6.45, 7) is 5.54. The molecule has 0 saturated carbocycles. The zero-order valence-electron chi connectivity index (χ0n) is 8.03. The number of benzene rings is 1. The van der Waals surface area contributed by atoms with Crippen LogP contribution in [0.1, 0.15) is 18.6 Å². The first kappa shape index (κ1) is 11.1. The van der Waals surface area contributed by atoms with Crippen LogP contribution >= 0.6 is 11.6 Å². The van der Waals surface area contributed by atoms with Crippen LogP contribution in [-0.2, 0) is 0 Å². The molecule has 1 aromatic rings. The van der Waals surface area contributed by atoms with Crippen molar-refractivity contribution in [3.8, 4) is 5.75 Å². The summed E-state index contributed by atoms with van der Waals surface area (Å²) < 4.78 is 5.29. The smallest absolute Gasteiger partial charge is 0.123 e. The third-order valence-corrected chi connectivity index (χ3v) is 1.87. The minimum absolute atomic E-state index is 0.301. The summed E-state index contributed by atoms with van der Waals surface area (Å²) in [5.74, 6) is 0.719. The van der Waals surface area contributed by atoms with Crippen LogP contribution in [-0.4, -0.2) is 11.7 Å². The topological polar surface area (TPSA) is 29.5 Å². The number of hydrogen-bond donors (Lipinski definition) is 1. The van der Waals surface area contributed by atoms with Gasteiger partial charge in [0.25, 0.3) is 0 Å². The Morgan fingerprint density at radius 3 is 2.50 bits per heavy atom. The van der Waals surface area contributed by atoms with Crippen LogP contribution in [0.3, 0.4) is 0 Å². The molecule has 0 aliphatic carbocycles. The van der Waals surface area contributed by atoms with Gasteiger partial charge in [-0.15, -0.1) is 0 Å². The van der Waals surface area contributed by atoms with Crippen LogP contribution in [0.2, 0.25) is 0 Å². The lowest BCUT2D eigenvalue weighted by Gasteiger charge is -2.07. The van der Waals surface area contributed by atoms with Crippen molar-refractivity contribution in [3.05, 3.63) is 41.4 Å². The van der Waals surface area contributed by atoms with Gasteiger partial charge in [-0.25, -0.2) is 0 Å².